The molecule has 2 N–H and O–H groups in total. The number of methoxy groups -OCH3 is 3. The van der Waals surface area contributed by atoms with Crippen molar-refractivity contribution in [1.29, 1.82) is 0 Å². The lowest BCUT2D eigenvalue weighted by molar-refractivity contribution is -0.150. The smallest absolute Gasteiger partial charge is 0.336 e. The maximum atomic E-state index is 13.8. The van der Waals surface area contributed by atoms with Gasteiger partial charge < -0.3 is 24.8 Å². The van der Waals surface area contributed by atoms with Crippen LogP contribution in [-0.2, 0) is 29.3 Å². The molecule has 10 heteroatoms. The quantitative estimate of drug-likeness (QED) is 0.417. The summed E-state index contributed by atoms with van der Waals surface area (Å²) in [5.41, 5.74) is 2.12. The molecule has 9 nitrogen and oxygen atoms in total. The average Bonchev–Trinajstić information content (AvgIpc) is 3.42. The lowest BCUT2D eigenvalue weighted by atomic mass is 9.61. The van der Waals surface area contributed by atoms with Gasteiger partial charge in [0, 0.05) is 29.6 Å². The van der Waals surface area contributed by atoms with Crippen molar-refractivity contribution in [2.75, 3.05) is 26.6 Å². The Kier molecular flexibility index (Phi) is 8.06. The third-order valence-corrected chi connectivity index (χ3v) is 7.93. The van der Waals surface area contributed by atoms with Gasteiger partial charge in [0.1, 0.15) is 16.2 Å². The van der Waals surface area contributed by atoms with Crippen LogP contribution in [0.4, 0.5) is 5.69 Å². The number of rotatable bonds is 7. The summed E-state index contributed by atoms with van der Waals surface area (Å²) in [5, 5.41) is 8.51. The van der Waals surface area contributed by atoms with Crippen molar-refractivity contribution >= 4 is 34.9 Å². The zero-order valence-electron chi connectivity index (χ0n) is 22.7. The Labute approximate surface area is 231 Å². The molecule has 3 atom stereocenters. The summed E-state index contributed by atoms with van der Waals surface area (Å²) >= 11 is 1.33. The van der Waals surface area contributed by atoms with Crippen LogP contribution in [0.2, 0.25) is 0 Å². The van der Waals surface area contributed by atoms with Crippen molar-refractivity contribution < 1.29 is 28.6 Å². The van der Waals surface area contributed by atoms with Gasteiger partial charge >= 0.3 is 11.9 Å². The van der Waals surface area contributed by atoms with Gasteiger partial charge in [-0.3, -0.25) is 9.59 Å². The molecule has 2 heterocycles. The summed E-state index contributed by atoms with van der Waals surface area (Å²) in [6, 6.07) is 14.2. The first-order valence-corrected chi connectivity index (χ1v) is 13.2. The second kappa shape index (κ2) is 11.3. The first-order valence-electron chi connectivity index (χ1n) is 12.3. The summed E-state index contributed by atoms with van der Waals surface area (Å²) < 4.78 is 16.0. The zero-order chi connectivity index (χ0) is 28.3. The lowest BCUT2D eigenvalue weighted by Gasteiger charge is -2.47. The predicted octanol–water partition coefficient (Wildman–Crippen LogP) is 4.41. The van der Waals surface area contributed by atoms with Crippen molar-refractivity contribution in [1.82, 2.24) is 10.3 Å². The fraction of sp³-hybridized carbons (Fsp3) is 0.310. The lowest BCUT2D eigenvalue weighted by Crippen LogP contribution is -2.60. The Hall–Kier alpha value is -4.18. The molecule has 204 valence electrons. The number of anilines is 1. The molecule has 1 amide bonds. The van der Waals surface area contributed by atoms with Crippen LogP contribution in [0.25, 0.3) is 11.3 Å². The van der Waals surface area contributed by atoms with Crippen molar-refractivity contribution in [2.24, 2.45) is 0 Å². The Morgan fingerprint density at radius 2 is 1.77 bits per heavy atom. The first kappa shape index (κ1) is 27.8. The third kappa shape index (κ3) is 4.87. The normalized spacial score (nSPS) is 20.6. The van der Waals surface area contributed by atoms with E-state index in [0.29, 0.717) is 39.0 Å². The van der Waals surface area contributed by atoms with Gasteiger partial charge in [-0.15, -0.1) is 11.3 Å². The molecule has 1 aliphatic rings. The Balaban J connectivity index is 1.96. The second-order valence-electron chi connectivity index (χ2n) is 9.22. The fourth-order valence-corrected chi connectivity index (χ4v) is 6.34. The van der Waals surface area contributed by atoms with Crippen LogP contribution in [0.1, 0.15) is 37.3 Å². The highest BCUT2D eigenvalue weighted by atomic mass is 32.1. The SMILES string of the molecule is COC(=O)C1=C(C)NC(C)C(C(=O)OC)(c2ccccc2)C1c1nc(-c2ccc(OC)c(NC(C)=O)c2)cs1. The molecule has 0 saturated heterocycles. The first-order chi connectivity index (χ1) is 18.7. The minimum Gasteiger partial charge on any atom is -0.495 e. The van der Waals surface area contributed by atoms with Crippen LogP contribution in [0.15, 0.2) is 65.2 Å². The molecule has 4 rings (SSSR count). The van der Waals surface area contributed by atoms with Gasteiger partial charge in [-0.05, 0) is 37.6 Å². The predicted molar refractivity (Wildman–Crippen MR) is 149 cm³/mol. The number of nitrogens with one attached hydrogen (secondary N) is 2. The molecule has 0 saturated carbocycles. The standard InChI is InChI=1S/C29H31N3O6S/c1-16-24(27(34)37-5)25(29(17(2)30-16,28(35)38-6)20-10-8-7-9-11-20)26-32-22(15-39-26)19-12-13-23(36-4)21(14-19)31-18(3)33/h7-15,17,25,30H,1-6H3,(H,31,33). The van der Waals surface area contributed by atoms with Crippen LogP contribution in [-0.4, -0.2) is 50.2 Å². The van der Waals surface area contributed by atoms with Gasteiger partial charge in [0.2, 0.25) is 5.91 Å². The van der Waals surface area contributed by atoms with E-state index in [4.69, 9.17) is 19.2 Å². The zero-order valence-corrected chi connectivity index (χ0v) is 23.5. The highest BCUT2D eigenvalue weighted by Crippen LogP contribution is 2.51. The number of carbonyl (C=O) groups is 3. The monoisotopic (exact) mass is 549 g/mol. The summed E-state index contributed by atoms with van der Waals surface area (Å²) in [7, 11) is 4.18. The number of nitrogens with zero attached hydrogens (tertiary/aromatic N) is 1. The number of ether oxygens (including phenoxy) is 3. The van der Waals surface area contributed by atoms with E-state index in [1.165, 1.54) is 39.6 Å². The topological polar surface area (TPSA) is 116 Å². The van der Waals surface area contributed by atoms with Gasteiger partial charge in [-0.25, -0.2) is 9.78 Å². The van der Waals surface area contributed by atoms with Crippen LogP contribution in [0, 0.1) is 0 Å². The average molecular weight is 550 g/mol. The maximum Gasteiger partial charge on any atom is 0.336 e. The Morgan fingerprint density at radius 3 is 2.38 bits per heavy atom. The number of amides is 1. The van der Waals surface area contributed by atoms with E-state index in [-0.39, 0.29) is 5.91 Å². The molecule has 0 bridgehead atoms. The van der Waals surface area contributed by atoms with E-state index < -0.39 is 29.3 Å². The molecule has 39 heavy (non-hydrogen) atoms. The Morgan fingerprint density at radius 1 is 1.05 bits per heavy atom. The number of benzene rings is 2. The second-order valence-corrected chi connectivity index (χ2v) is 10.1. The van der Waals surface area contributed by atoms with Gasteiger partial charge in [-0.2, -0.15) is 0 Å². The Bertz CT molecular complexity index is 1430. The number of allylic oxidation sites excluding steroid dienone is 1. The number of hydrogen-bond acceptors (Lipinski definition) is 9. The maximum absolute atomic E-state index is 13.8. The van der Waals surface area contributed by atoms with Crippen LogP contribution >= 0.6 is 11.3 Å². The molecule has 0 aliphatic carbocycles. The molecule has 0 radical (unpaired) electrons. The minimum absolute atomic E-state index is 0.234. The van der Waals surface area contributed by atoms with E-state index >= 15 is 0 Å². The van der Waals surface area contributed by atoms with Crippen LogP contribution in [0.5, 0.6) is 5.75 Å². The van der Waals surface area contributed by atoms with Gasteiger partial charge in [0.25, 0.3) is 0 Å². The van der Waals surface area contributed by atoms with E-state index in [1.807, 2.05) is 48.7 Å². The van der Waals surface area contributed by atoms with Crippen molar-refractivity contribution in [3.8, 4) is 17.0 Å². The molecule has 0 fully saturated rings. The molecule has 3 unspecified atom stereocenters. The van der Waals surface area contributed by atoms with Gasteiger partial charge in [-0.1, -0.05) is 30.3 Å². The highest BCUT2D eigenvalue weighted by Gasteiger charge is 2.59. The summed E-state index contributed by atoms with van der Waals surface area (Å²) in [4.78, 5) is 43.8. The fourth-order valence-electron chi connectivity index (χ4n) is 5.33. The van der Waals surface area contributed by atoms with Crippen molar-refractivity contribution in [3.05, 3.63) is 75.8 Å². The number of carbonyl (C=O) groups excluding carboxylic acids is 3. The largest absolute Gasteiger partial charge is 0.495 e. The van der Waals surface area contributed by atoms with Crippen molar-refractivity contribution in [2.45, 2.75) is 38.1 Å². The van der Waals surface area contributed by atoms with Crippen molar-refractivity contribution in [3.63, 3.8) is 0 Å². The molecule has 2 aromatic carbocycles. The number of aromatic nitrogens is 1. The minimum atomic E-state index is -1.32. The van der Waals surface area contributed by atoms with Gasteiger partial charge in [0.05, 0.1) is 44.2 Å². The number of hydrogen-bond donors (Lipinski definition) is 2. The molecule has 0 spiro atoms. The number of thiazole rings is 1. The molecule has 3 aromatic rings. The highest BCUT2D eigenvalue weighted by molar-refractivity contribution is 7.10. The van der Waals surface area contributed by atoms with E-state index in [1.54, 1.807) is 19.1 Å². The summed E-state index contributed by atoms with van der Waals surface area (Å²) in [5.74, 6) is -1.58. The van der Waals surface area contributed by atoms with Gasteiger partial charge in [0.15, 0.2) is 0 Å². The molecule has 1 aromatic heterocycles. The van der Waals surface area contributed by atoms with E-state index in [9.17, 15) is 14.4 Å². The third-order valence-electron chi connectivity index (χ3n) is 7.02. The van der Waals surface area contributed by atoms with Crippen LogP contribution < -0.4 is 15.4 Å². The van der Waals surface area contributed by atoms with E-state index in [2.05, 4.69) is 10.6 Å². The molecular weight excluding hydrogens is 518 g/mol. The summed E-state index contributed by atoms with van der Waals surface area (Å²) in [6.45, 7) is 5.11. The summed E-state index contributed by atoms with van der Waals surface area (Å²) in [6.07, 6.45) is 0. The number of esters is 2. The van der Waals surface area contributed by atoms with E-state index in [0.717, 1.165) is 5.56 Å². The molecule has 1 aliphatic heterocycles. The molecular formula is C29H31N3O6S. The van der Waals surface area contributed by atoms with Crippen LogP contribution in [0.3, 0.4) is 0 Å².